The first-order valence-electron chi connectivity index (χ1n) is 8.61. The second-order valence-electron chi connectivity index (χ2n) is 6.96. The largest absolute Gasteiger partial charge is 0.323 e. The van der Waals surface area contributed by atoms with Crippen LogP contribution in [0.3, 0.4) is 0 Å². The van der Waals surface area contributed by atoms with Crippen molar-refractivity contribution in [3.63, 3.8) is 0 Å². The SMILES string of the molecule is CC[C@@H]1CN2CCC1C[C@@H]2[C@H](N)c1ccnc2ccccc12. The average Bonchev–Trinajstić information content (AvgIpc) is 2.60. The van der Waals surface area contributed by atoms with Crippen LogP contribution in [0.2, 0.25) is 0 Å². The van der Waals surface area contributed by atoms with Crippen LogP contribution in [0.5, 0.6) is 0 Å². The Hall–Kier alpha value is -1.45. The predicted octanol–water partition coefficient (Wildman–Crippen LogP) is 3.36. The average molecular weight is 295 g/mol. The minimum absolute atomic E-state index is 0.0912. The molecule has 22 heavy (non-hydrogen) atoms. The maximum absolute atomic E-state index is 6.74. The molecule has 3 aliphatic rings. The van der Waals surface area contributed by atoms with Crippen LogP contribution in [0.1, 0.15) is 37.8 Å². The third-order valence-corrected chi connectivity index (χ3v) is 5.92. The molecule has 116 valence electrons. The highest BCUT2D eigenvalue weighted by molar-refractivity contribution is 5.82. The molecule has 5 rings (SSSR count). The minimum Gasteiger partial charge on any atom is -0.323 e. The number of benzene rings is 1. The smallest absolute Gasteiger partial charge is 0.0705 e. The van der Waals surface area contributed by atoms with Crippen LogP contribution in [0.25, 0.3) is 10.9 Å². The van der Waals surface area contributed by atoms with Crippen molar-refractivity contribution in [2.45, 2.75) is 38.3 Å². The molecular weight excluding hydrogens is 270 g/mol. The summed E-state index contributed by atoms with van der Waals surface area (Å²) in [7, 11) is 0. The number of piperidine rings is 3. The van der Waals surface area contributed by atoms with E-state index < -0.39 is 0 Å². The second-order valence-corrected chi connectivity index (χ2v) is 6.96. The van der Waals surface area contributed by atoms with E-state index in [4.69, 9.17) is 5.73 Å². The molecule has 3 aliphatic heterocycles. The quantitative estimate of drug-likeness (QED) is 0.944. The first-order chi connectivity index (χ1) is 10.8. The molecule has 0 spiro atoms. The molecule has 2 N–H and O–H groups in total. The summed E-state index contributed by atoms with van der Waals surface area (Å²) >= 11 is 0. The van der Waals surface area contributed by atoms with Gasteiger partial charge in [0, 0.05) is 30.2 Å². The number of aromatic nitrogens is 1. The highest BCUT2D eigenvalue weighted by Gasteiger charge is 2.41. The first kappa shape index (κ1) is 14.2. The van der Waals surface area contributed by atoms with Crippen molar-refractivity contribution in [2.75, 3.05) is 13.1 Å². The Kier molecular flexibility index (Phi) is 3.63. The third kappa shape index (κ3) is 2.24. The molecule has 0 saturated carbocycles. The number of para-hydroxylation sites is 1. The molecule has 1 aromatic heterocycles. The predicted molar refractivity (Wildman–Crippen MR) is 90.5 cm³/mol. The molecular formula is C19H25N3. The van der Waals surface area contributed by atoms with Crippen molar-refractivity contribution in [1.82, 2.24) is 9.88 Å². The van der Waals surface area contributed by atoms with E-state index in [9.17, 15) is 0 Å². The van der Waals surface area contributed by atoms with Crippen molar-refractivity contribution >= 4 is 10.9 Å². The third-order valence-electron chi connectivity index (χ3n) is 5.92. The molecule has 2 bridgehead atoms. The standard InChI is InChI=1S/C19H25N3/c1-2-13-12-22-10-8-14(13)11-18(22)19(20)16-7-9-21-17-6-4-3-5-15(16)17/h3-7,9,13-14,18-19H,2,8,10-12,20H2,1H3/t13-,14?,18-,19-/m1/s1. The van der Waals surface area contributed by atoms with E-state index in [2.05, 4.69) is 41.1 Å². The van der Waals surface area contributed by atoms with Gasteiger partial charge >= 0.3 is 0 Å². The van der Waals surface area contributed by atoms with Gasteiger partial charge in [-0.05, 0) is 48.9 Å². The van der Waals surface area contributed by atoms with Crippen LogP contribution in [0.15, 0.2) is 36.5 Å². The Bertz CT molecular complexity index is 663. The van der Waals surface area contributed by atoms with Crippen LogP contribution in [-0.2, 0) is 0 Å². The lowest BCUT2D eigenvalue weighted by atomic mass is 9.72. The van der Waals surface area contributed by atoms with Gasteiger partial charge in [-0.25, -0.2) is 0 Å². The van der Waals surface area contributed by atoms with Gasteiger partial charge in [-0.3, -0.25) is 9.88 Å². The van der Waals surface area contributed by atoms with Crippen LogP contribution in [0, 0.1) is 11.8 Å². The first-order valence-corrected chi connectivity index (χ1v) is 8.61. The van der Waals surface area contributed by atoms with E-state index in [-0.39, 0.29) is 6.04 Å². The normalized spacial score (nSPS) is 32.3. The molecule has 2 aromatic rings. The zero-order valence-electron chi connectivity index (χ0n) is 13.3. The summed E-state index contributed by atoms with van der Waals surface area (Å²) in [4.78, 5) is 7.12. The number of rotatable bonds is 3. The van der Waals surface area contributed by atoms with Crippen molar-refractivity contribution in [1.29, 1.82) is 0 Å². The molecule has 3 saturated heterocycles. The van der Waals surface area contributed by atoms with Crippen molar-refractivity contribution in [2.24, 2.45) is 17.6 Å². The zero-order valence-corrected chi connectivity index (χ0v) is 13.3. The lowest BCUT2D eigenvalue weighted by molar-refractivity contribution is -0.0105. The van der Waals surface area contributed by atoms with Crippen LogP contribution < -0.4 is 5.73 Å². The lowest BCUT2D eigenvalue weighted by Gasteiger charge is -2.51. The summed E-state index contributed by atoms with van der Waals surface area (Å²) in [5.41, 5.74) is 9.05. The van der Waals surface area contributed by atoms with E-state index in [1.54, 1.807) is 0 Å². The lowest BCUT2D eigenvalue weighted by Crippen LogP contribution is -2.56. The summed E-state index contributed by atoms with van der Waals surface area (Å²) in [6.07, 6.45) is 5.83. The van der Waals surface area contributed by atoms with E-state index in [1.807, 2.05) is 12.3 Å². The monoisotopic (exact) mass is 295 g/mol. The Morgan fingerprint density at radius 1 is 1.32 bits per heavy atom. The Labute approximate surface area is 132 Å². The van der Waals surface area contributed by atoms with Gasteiger partial charge in [0.05, 0.1) is 5.52 Å². The van der Waals surface area contributed by atoms with E-state index >= 15 is 0 Å². The number of pyridine rings is 1. The summed E-state index contributed by atoms with van der Waals surface area (Å²) in [5, 5.41) is 1.21. The van der Waals surface area contributed by atoms with Gasteiger partial charge in [-0.15, -0.1) is 0 Å². The van der Waals surface area contributed by atoms with Crippen LogP contribution in [0.4, 0.5) is 0 Å². The summed E-state index contributed by atoms with van der Waals surface area (Å²) in [6.45, 7) is 4.79. The summed E-state index contributed by atoms with van der Waals surface area (Å²) in [5.74, 6) is 1.76. The van der Waals surface area contributed by atoms with Gasteiger partial charge in [0.15, 0.2) is 0 Å². The maximum atomic E-state index is 6.74. The second kappa shape index (κ2) is 5.64. The minimum atomic E-state index is 0.0912. The Morgan fingerprint density at radius 3 is 2.95 bits per heavy atom. The number of nitrogens with zero attached hydrogens (tertiary/aromatic N) is 2. The molecule has 2 unspecified atom stereocenters. The number of hydrogen-bond donors (Lipinski definition) is 1. The van der Waals surface area contributed by atoms with Gasteiger partial charge in [0.1, 0.15) is 0 Å². The molecule has 3 fully saturated rings. The molecule has 4 heterocycles. The summed E-state index contributed by atoms with van der Waals surface area (Å²) in [6, 6.07) is 11.1. The summed E-state index contributed by atoms with van der Waals surface area (Å²) < 4.78 is 0. The highest BCUT2D eigenvalue weighted by atomic mass is 15.2. The van der Waals surface area contributed by atoms with Gasteiger partial charge < -0.3 is 5.73 Å². The molecule has 3 heteroatoms. The van der Waals surface area contributed by atoms with Crippen molar-refractivity contribution in [3.8, 4) is 0 Å². The maximum Gasteiger partial charge on any atom is 0.0705 e. The fraction of sp³-hybridized carbons (Fsp3) is 0.526. The van der Waals surface area contributed by atoms with Crippen molar-refractivity contribution < 1.29 is 0 Å². The van der Waals surface area contributed by atoms with Crippen molar-refractivity contribution in [3.05, 3.63) is 42.1 Å². The fourth-order valence-corrected chi connectivity index (χ4v) is 4.63. The fourth-order valence-electron chi connectivity index (χ4n) is 4.63. The number of nitrogens with two attached hydrogens (primary N) is 1. The van der Waals surface area contributed by atoms with Gasteiger partial charge in [0.2, 0.25) is 0 Å². The van der Waals surface area contributed by atoms with Crippen LogP contribution in [-0.4, -0.2) is 29.0 Å². The highest BCUT2D eigenvalue weighted by Crippen LogP contribution is 2.41. The molecule has 0 radical (unpaired) electrons. The molecule has 1 aromatic carbocycles. The number of fused-ring (bicyclic) bond motifs is 4. The van der Waals surface area contributed by atoms with Gasteiger partial charge in [-0.2, -0.15) is 0 Å². The van der Waals surface area contributed by atoms with Gasteiger partial charge in [-0.1, -0.05) is 31.5 Å². The molecule has 3 nitrogen and oxygen atoms in total. The van der Waals surface area contributed by atoms with Crippen LogP contribution >= 0.6 is 0 Å². The van der Waals surface area contributed by atoms with E-state index in [0.717, 1.165) is 17.4 Å². The van der Waals surface area contributed by atoms with Gasteiger partial charge in [0.25, 0.3) is 0 Å². The topological polar surface area (TPSA) is 42.1 Å². The molecule has 0 amide bonds. The van der Waals surface area contributed by atoms with E-state index in [1.165, 1.54) is 43.3 Å². The zero-order chi connectivity index (χ0) is 15.1. The van der Waals surface area contributed by atoms with E-state index in [0.29, 0.717) is 6.04 Å². The Balaban J connectivity index is 1.66. The Morgan fingerprint density at radius 2 is 2.18 bits per heavy atom. The number of hydrogen-bond acceptors (Lipinski definition) is 3. The molecule has 0 aliphatic carbocycles. The molecule has 5 atom stereocenters.